The van der Waals surface area contributed by atoms with Crippen LogP contribution in [0.1, 0.15) is 13.8 Å². The Morgan fingerprint density at radius 1 is 1.42 bits per heavy atom. The number of nitro benzene ring substituents is 1. The van der Waals surface area contributed by atoms with Gasteiger partial charge in [0.1, 0.15) is 11.5 Å². The lowest BCUT2D eigenvalue weighted by atomic mass is 10.1. The Morgan fingerprint density at radius 2 is 2.00 bits per heavy atom. The van der Waals surface area contributed by atoms with E-state index in [1.165, 1.54) is 6.07 Å². The van der Waals surface area contributed by atoms with Gasteiger partial charge in [-0.15, -0.1) is 0 Å². The van der Waals surface area contributed by atoms with Crippen LogP contribution in [0.4, 0.5) is 15.8 Å². The Bertz CT molecular complexity index is 502. The summed E-state index contributed by atoms with van der Waals surface area (Å²) in [7, 11) is 0. The Balaban J connectivity index is 2.42. The summed E-state index contributed by atoms with van der Waals surface area (Å²) in [5.74, 6) is -0.619. The number of hydrogen-bond acceptors (Lipinski definition) is 4. The lowest BCUT2D eigenvalue weighted by Gasteiger charge is -2.37. The zero-order valence-corrected chi connectivity index (χ0v) is 12.3. The zero-order chi connectivity index (χ0) is 14.2. The SMILES string of the molecule is CC1CN(c2cc(Br)c(F)cc2[N+](=O)[O-])CC(C)N1. The van der Waals surface area contributed by atoms with Crippen LogP contribution in [-0.2, 0) is 0 Å². The molecular weight excluding hydrogens is 317 g/mol. The predicted molar refractivity (Wildman–Crippen MR) is 75.0 cm³/mol. The molecule has 1 saturated heterocycles. The van der Waals surface area contributed by atoms with Gasteiger partial charge in [0.15, 0.2) is 0 Å². The first kappa shape index (κ1) is 14.2. The second-order valence-electron chi connectivity index (χ2n) is 4.89. The molecule has 0 saturated carbocycles. The van der Waals surface area contributed by atoms with Gasteiger partial charge in [0, 0.05) is 25.2 Å². The highest BCUT2D eigenvalue weighted by Gasteiger charge is 2.27. The highest BCUT2D eigenvalue weighted by atomic mass is 79.9. The first-order valence-electron chi connectivity index (χ1n) is 6.03. The molecule has 2 atom stereocenters. The molecule has 5 nitrogen and oxygen atoms in total. The van der Waals surface area contributed by atoms with Crippen molar-refractivity contribution >= 4 is 27.3 Å². The van der Waals surface area contributed by atoms with E-state index in [-0.39, 0.29) is 22.2 Å². The summed E-state index contributed by atoms with van der Waals surface area (Å²) in [4.78, 5) is 12.5. The van der Waals surface area contributed by atoms with Crippen molar-refractivity contribution in [2.24, 2.45) is 0 Å². The van der Waals surface area contributed by atoms with Gasteiger partial charge in [-0.3, -0.25) is 10.1 Å². The van der Waals surface area contributed by atoms with Crippen LogP contribution in [0, 0.1) is 15.9 Å². The fourth-order valence-corrected chi connectivity index (χ4v) is 2.78. The smallest absolute Gasteiger partial charge is 0.295 e. The molecule has 0 aliphatic carbocycles. The van der Waals surface area contributed by atoms with Crippen LogP contribution in [0.3, 0.4) is 0 Å². The molecule has 1 aromatic carbocycles. The Morgan fingerprint density at radius 3 is 2.53 bits per heavy atom. The second-order valence-corrected chi connectivity index (χ2v) is 5.74. The standard InChI is InChI=1S/C12H15BrFN3O2/c1-7-5-16(6-8(2)15-7)11-3-9(13)10(14)4-12(11)17(18)19/h3-4,7-8,15H,5-6H2,1-2H3. The first-order chi connectivity index (χ1) is 8.88. The molecule has 2 rings (SSSR count). The highest BCUT2D eigenvalue weighted by Crippen LogP contribution is 2.34. The summed E-state index contributed by atoms with van der Waals surface area (Å²) in [5.41, 5.74) is 0.264. The van der Waals surface area contributed by atoms with Gasteiger partial charge >= 0.3 is 0 Å². The van der Waals surface area contributed by atoms with Crippen molar-refractivity contribution in [2.45, 2.75) is 25.9 Å². The maximum Gasteiger partial charge on any atom is 0.295 e. The lowest BCUT2D eigenvalue weighted by Crippen LogP contribution is -2.54. The summed E-state index contributed by atoms with van der Waals surface area (Å²) < 4.78 is 13.7. The molecule has 7 heteroatoms. The van der Waals surface area contributed by atoms with Gasteiger partial charge in [-0.05, 0) is 35.8 Å². The number of nitrogens with zero attached hydrogens (tertiary/aromatic N) is 2. The Kier molecular flexibility index (Phi) is 4.05. The third-order valence-corrected chi connectivity index (χ3v) is 3.72. The summed E-state index contributed by atoms with van der Waals surface area (Å²) >= 11 is 3.09. The Hall–Kier alpha value is -1.21. The van der Waals surface area contributed by atoms with E-state index in [0.717, 1.165) is 6.07 Å². The van der Waals surface area contributed by atoms with E-state index in [0.29, 0.717) is 18.8 Å². The Labute approximate surface area is 119 Å². The van der Waals surface area contributed by atoms with Gasteiger partial charge < -0.3 is 10.2 Å². The molecule has 0 amide bonds. The molecule has 1 aliphatic rings. The molecule has 0 radical (unpaired) electrons. The predicted octanol–water partition coefficient (Wildman–Crippen LogP) is 2.68. The van der Waals surface area contributed by atoms with Crippen LogP contribution in [0.15, 0.2) is 16.6 Å². The minimum absolute atomic E-state index is 0.193. The van der Waals surface area contributed by atoms with E-state index in [1.807, 2.05) is 18.7 Å². The molecule has 0 aromatic heterocycles. The normalized spacial score (nSPS) is 23.5. The molecule has 1 fully saturated rings. The largest absolute Gasteiger partial charge is 0.363 e. The summed E-state index contributed by atoms with van der Waals surface area (Å²) in [6.07, 6.45) is 0. The van der Waals surface area contributed by atoms with Crippen LogP contribution >= 0.6 is 15.9 Å². The topological polar surface area (TPSA) is 58.4 Å². The van der Waals surface area contributed by atoms with Gasteiger partial charge in [0.25, 0.3) is 5.69 Å². The van der Waals surface area contributed by atoms with Gasteiger partial charge in [-0.25, -0.2) is 4.39 Å². The van der Waals surface area contributed by atoms with E-state index in [2.05, 4.69) is 21.2 Å². The van der Waals surface area contributed by atoms with Crippen molar-refractivity contribution in [1.29, 1.82) is 0 Å². The van der Waals surface area contributed by atoms with Crippen molar-refractivity contribution < 1.29 is 9.31 Å². The van der Waals surface area contributed by atoms with Crippen LogP contribution in [0.2, 0.25) is 0 Å². The quantitative estimate of drug-likeness (QED) is 0.668. The average Bonchev–Trinajstić information content (AvgIpc) is 2.30. The third-order valence-electron chi connectivity index (χ3n) is 3.11. The van der Waals surface area contributed by atoms with E-state index in [1.54, 1.807) is 0 Å². The second kappa shape index (κ2) is 5.42. The number of anilines is 1. The summed E-state index contributed by atoms with van der Waals surface area (Å²) in [6.45, 7) is 5.35. The van der Waals surface area contributed by atoms with Crippen molar-refractivity contribution in [3.05, 3.63) is 32.5 Å². The van der Waals surface area contributed by atoms with Gasteiger partial charge in [-0.2, -0.15) is 0 Å². The fourth-order valence-electron chi connectivity index (χ4n) is 2.45. The lowest BCUT2D eigenvalue weighted by molar-refractivity contribution is -0.384. The van der Waals surface area contributed by atoms with Crippen LogP contribution < -0.4 is 10.2 Å². The van der Waals surface area contributed by atoms with Crippen molar-refractivity contribution in [3.63, 3.8) is 0 Å². The highest BCUT2D eigenvalue weighted by molar-refractivity contribution is 9.10. The molecule has 1 heterocycles. The van der Waals surface area contributed by atoms with Crippen LogP contribution in [-0.4, -0.2) is 30.1 Å². The molecule has 1 N–H and O–H groups in total. The third kappa shape index (κ3) is 3.03. The van der Waals surface area contributed by atoms with Crippen LogP contribution in [0.5, 0.6) is 0 Å². The van der Waals surface area contributed by atoms with Gasteiger partial charge in [-0.1, -0.05) is 0 Å². The molecule has 104 valence electrons. The molecule has 1 aromatic rings. The number of rotatable bonds is 2. The zero-order valence-electron chi connectivity index (χ0n) is 10.7. The maximum atomic E-state index is 13.5. The van der Waals surface area contributed by atoms with E-state index < -0.39 is 10.7 Å². The van der Waals surface area contributed by atoms with E-state index >= 15 is 0 Å². The van der Waals surface area contributed by atoms with Crippen molar-refractivity contribution in [3.8, 4) is 0 Å². The molecule has 0 spiro atoms. The number of benzene rings is 1. The molecule has 19 heavy (non-hydrogen) atoms. The summed E-state index contributed by atoms with van der Waals surface area (Å²) in [5, 5.41) is 14.4. The van der Waals surface area contributed by atoms with Crippen molar-refractivity contribution in [1.82, 2.24) is 5.32 Å². The molecule has 2 unspecified atom stereocenters. The van der Waals surface area contributed by atoms with E-state index in [4.69, 9.17) is 0 Å². The molecule has 1 aliphatic heterocycles. The minimum Gasteiger partial charge on any atom is -0.363 e. The van der Waals surface area contributed by atoms with Gasteiger partial charge in [0.05, 0.1) is 15.5 Å². The monoisotopic (exact) mass is 331 g/mol. The average molecular weight is 332 g/mol. The van der Waals surface area contributed by atoms with Gasteiger partial charge in [0.2, 0.25) is 0 Å². The molecule has 0 bridgehead atoms. The van der Waals surface area contributed by atoms with Crippen LogP contribution in [0.25, 0.3) is 0 Å². The number of nitro groups is 1. The first-order valence-corrected chi connectivity index (χ1v) is 6.82. The molecular formula is C12H15BrFN3O2. The van der Waals surface area contributed by atoms with E-state index in [9.17, 15) is 14.5 Å². The minimum atomic E-state index is -0.619. The number of hydrogen-bond donors (Lipinski definition) is 1. The maximum absolute atomic E-state index is 13.5. The van der Waals surface area contributed by atoms with Crippen molar-refractivity contribution in [2.75, 3.05) is 18.0 Å². The number of nitrogens with one attached hydrogen (secondary N) is 1. The number of halogens is 2. The number of piperazine rings is 1. The fraction of sp³-hybridized carbons (Fsp3) is 0.500. The summed E-state index contributed by atoms with van der Waals surface area (Å²) in [6, 6.07) is 2.91.